The van der Waals surface area contributed by atoms with Crippen molar-refractivity contribution in [3.63, 3.8) is 0 Å². The Balaban J connectivity index is 2.35. The first kappa shape index (κ1) is 12.5. The number of carbonyl (C=O) groups is 1. The molecule has 15 heavy (non-hydrogen) atoms. The Morgan fingerprint density at radius 2 is 2.27 bits per heavy atom. The standard InChI is InChI=1S/C12H24N2O/c1-4-8-14(3)12(15)9-11-10(2)6-5-7-13-11/h10-11,13H,4-9H2,1-3H3. The number of nitrogens with one attached hydrogen (secondary N) is 1. The highest BCUT2D eigenvalue weighted by Crippen LogP contribution is 2.18. The van der Waals surface area contributed by atoms with Crippen LogP contribution in [0.15, 0.2) is 0 Å². The monoisotopic (exact) mass is 212 g/mol. The summed E-state index contributed by atoms with van der Waals surface area (Å²) in [6.07, 6.45) is 4.20. The second kappa shape index (κ2) is 6.11. The molecule has 0 radical (unpaired) electrons. The lowest BCUT2D eigenvalue weighted by Gasteiger charge is -2.30. The summed E-state index contributed by atoms with van der Waals surface area (Å²) < 4.78 is 0. The zero-order valence-corrected chi connectivity index (χ0v) is 10.3. The molecule has 1 aliphatic rings. The summed E-state index contributed by atoms with van der Waals surface area (Å²) in [4.78, 5) is 13.7. The summed E-state index contributed by atoms with van der Waals surface area (Å²) >= 11 is 0. The fourth-order valence-electron chi connectivity index (χ4n) is 2.19. The number of carbonyl (C=O) groups excluding carboxylic acids is 1. The van der Waals surface area contributed by atoms with Crippen LogP contribution in [0.25, 0.3) is 0 Å². The predicted octanol–water partition coefficient (Wildman–Crippen LogP) is 1.63. The molecule has 2 unspecified atom stereocenters. The van der Waals surface area contributed by atoms with Gasteiger partial charge in [0.05, 0.1) is 0 Å². The van der Waals surface area contributed by atoms with Crippen LogP contribution in [-0.4, -0.2) is 37.0 Å². The van der Waals surface area contributed by atoms with Crippen molar-refractivity contribution in [1.29, 1.82) is 0 Å². The molecule has 0 spiro atoms. The first-order chi connectivity index (χ1) is 7.15. The first-order valence-corrected chi connectivity index (χ1v) is 6.12. The van der Waals surface area contributed by atoms with Crippen LogP contribution in [0.2, 0.25) is 0 Å². The van der Waals surface area contributed by atoms with E-state index in [0.717, 1.165) is 19.5 Å². The minimum atomic E-state index is 0.281. The summed E-state index contributed by atoms with van der Waals surface area (Å²) in [6, 6.07) is 0.394. The van der Waals surface area contributed by atoms with E-state index in [-0.39, 0.29) is 5.91 Å². The van der Waals surface area contributed by atoms with Gasteiger partial charge < -0.3 is 10.2 Å². The Labute approximate surface area is 93.2 Å². The van der Waals surface area contributed by atoms with E-state index in [1.54, 1.807) is 0 Å². The maximum Gasteiger partial charge on any atom is 0.223 e. The molecule has 1 fully saturated rings. The number of hydrogen-bond acceptors (Lipinski definition) is 2. The van der Waals surface area contributed by atoms with E-state index in [9.17, 15) is 4.79 Å². The fraction of sp³-hybridized carbons (Fsp3) is 0.917. The third kappa shape index (κ3) is 3.82. The average molecular weight is 212 g/mol. The molecule has 2 atom stereocenters. The Bertz CT molecular complexity index is 206. The van der Waals surface area contributed by atoms with Crippen LogP contribution in [0.1, 0.15) is 39.5 Å². The number of rotatable bonds is 4. The maximum atomic E-state index is 11.8. The molecule has 1 aliphatic heterocycles. The zero-order valence-electron chi connectivity index (χ0n) is 10.3. The summed E-state index contributed by atoms with van der Waals surface area (Å²) in [6.45, 7) is 6.29. The Morgan fingerprint density at radius 3 is 2.87 bits per heavy atom. The van der Waals surface area contributed by atoms with E-state index in [1.165, 1.54) is 12.8 Å². The lowest BCUT2D eigenvalue weighted by Crippen LogP contribution is -2.43. The van der Waals surface area contributed by atoms with Crippen LogP contribution in [0, 0.1) is 5.92 Å². The van der Waals surface area contributed by atoms with Crippen LogP contribution in [0.3, 0.4) is 0 Å². The number of hydrogen-bond donors (Lipinski definition) is 1. The van der Waals surface area contributed by atoms with Crippen LogP contribution in [0.5, 0.6) is 0 Å². The summed E-state index contributed by atoms with van der Waals surface area (Å²) in [5, 5.41) is 3.45. The van der Waals surface area contributed by atoms with E-state index in [0.29, 0.717) is 18.4 Å². The molecular formula is C12H24N2O. The van der Waals surface area contributed by atoms with Gasteiger partial charge >= 0.3 is 0 Å². The van der Waals surface area contributed by atoms with Crippen LogP contribution < -0.4 is 5.32 Å². The second-order valence-electron chi connectivity index (χ2n) is 4.70. The molecule has 88 valence electrons. The van der Waals surface area contributed by atoms with Crippen LogP contribution in [0.4, 0.5) is 0 Å². The number of amides is 1. The highest BCUT2D eigenvalue weighted by atomic mass is 16.2. The third-order valence-corrected chi connectivity index (χ3v) is 3.31. The van der Waals surface area contributed by atoms with Gasteiger partial charge in [-0.2, -0.15) is 0 Å². The molecule has 1 amide bonds. The van der Waals surface area contributed by atoms with Gasteiger partial charge in [-0.05, 0) is 31.7 Å². The highest BCUT2D eigenvalue weighted by molar-refractivity contribution is 5.76. The van der Waals surface area contributed by atoms with Gasteiger partial charge in [-0.25, -0.2) is 0 Å². The smallest absolute Gasteiger partial charge is 0.223 e. The predicted molar refractivity (Wildman–Crippen MR) is 62.7 cm³/mol. The Morgan fingerprint density at radius 1 is 1.53 bits per heavy atom. The van der Waals surface area contributed by atoms with Gasteiger partial charge in [0.2, 0.25) is 5.91 Å². The fourth-order valence-corrected chi connectivity index (χ4v) is 2.19. The van der Waals surface area contributed by atoms with Crippen molar-refractivity contribution in [2.24, 2.45) is 5.92 Å². The molecule has 0 aliphatic carbocycles. The molecular weight excluding hydrogens is 188 g/mol. The van der Waals surface area contributed by atoms with E-state index < -0.39 is 0 Å². The molecule has 0 aromatic rings. The van der Waals surface area contributed by atoms with Crippen molar-refractivity contribution < 1.29 is 4.79 Å². The third-order valence-electron chi connectivity index (χ3n) is 3.31. The Hall–Kier alpha value is -0.570. The van der Waals surface area contributed by atoms with Crippen molar-refractivity contribution >= 4 is 5.91 Å². The van der Waals surface area contributed by atoms with Crippen molar-refractivity contribution in [1.82, 2.24) is 10.2 Å². The molecule has 1 rings (SSSR count). The zero-order chi connectivity index (χ0) is 11.3. The summed E-state index contributed by atoms with van der Waals surface area (Å²) in [5.41, 5.74) is 0. The number of nitrogens with zero attached hydrogens (tertiary/aromatic N) is 1. The summed E-state index contributed by atoms with van der Waals surface area (Å²) in [5.74, 6) is 0.917. The van der Waals surface area contributed by atoms with E-state index in [4.69, 9.17) is 0 Å². The van der Waals surface area contributed by atoms with Gasteiger partial charge in [0, 0.05) is 26.1 Å². The molecule has 3 nitrogen and oxygen atoms in total. The van der Waals surface area contributed by atoms with Gasteiger partial charge in [-0.15, -0.1) is 0 Å². The normalized spacial score (nSPS) is 26.3. The van der Waals surface area contributed by atoms with Gasteiger partial charge in [0.15, 0.2) is 0 Å². The van der Waals surface area contributed by atoms with Gasteiger partial charge in [-0.1, -0.05) is 13.8 Å². The molecule has 1 heterocycles. The molecule has 0 aromatic carbocycles. The topological polar surface area (TPSA) is 32.3 Å². The highest BCUT2D eigenvalue weighted by Gasteiger charge is 2.24. The van der Waals surface area contributed by atoms with E-state index >= 15 is 0 Å². The molecule has 0 bridgehead atoms. The lowest BCUT2D eigenvalue weighted by atomic mass is 9.90. The Kier molecular flexibility index (Phi) is 5.09. The molecule has 1 saturated heterocycles. The molecule has 3 heteroatoms. The summed E-state index contributed by atoms with van der Waals surface area (Å²) in [7, 11) is 1.90. The van der Waals surface area contributed by atoms with Gasteiger partial charge in [0.25, 0.3) is 0 Å². The largest absolute Gasteiger partial charge is 0.346 e. The molecule has 0 aromatic heterocycles. The first-order valence-electron chi connectivity index (χ1n) is 6.12. The van der Waals surface area contributed by atoms with E-state index in [1.807, 2.05) is 11.9 Å². The van der Waals surface area contributed by atoms with Crippen molar-refractivity contribution in [3.05, 3.63) is 0 Å². The minimum absolute atomic E-state index is 0.281. The van der Waals surface area contributed by atoms with E-state index in [2.05, 4.69) is 19.2 Å². The SMILES string of the molecule is CCCN(C)C(=O)CC1NCCCC1C. The van der Waals surface area contributed by atoms with Crippen molar-refractivity contribution in [2.75, 3.05) is 20.1 Å². The van der Waals surface area contributed by atoms with Gasteiger partial charge in [-0.3, -0.25) is 4.79 Å². The molecule has 1 N–H and O–H groups in total. The molecule has 0 saturated carbocycles. The maximum absolute atomic E-state index is 11.8. The van der Waals surface area contributed by atoms with Crippen LogP contribution in [-0.2, 0) is 4.79 Å². The van der Waals surface area contributed by atoms with Gasteiger partial charge in [0.1, 0.15) is 0 Å². The second-order valence-corrected chi connectivity index (χ2v) is 4.70. The van der Waals surface area contributed by atoms with Crippen LogP contribution >= 0.6 is 0 Å². The number of piperidine rings is 1. The van der Waals surface area contributed by atoms with Crippen molar-refractivity contribution in [3.8, 4) is 0 Å². The minimum Gasteiger partial charge on any atom is -0.346 e. The quantitative estimate of drug-likeness (QED) is 0.768. The van der Waals surface area contributed by atoms with Crippen molar-refractivity contribution in [2.45, 2.75) is 45.6 Å². The lowest BCUT2D eigenvalue weighted by molar-refractivity contribution is -0.130. The average Bonchev–Trinajstić information content (AvgIpc) is 2.21.